The molecule has 0 spiro atoms. The first kappa shape index (κ1) is 16.9. The molecular formula is C18H19N3O4. The highest BCUT2D eigenvalue weighted by Crippen LogP contribution is 2.23. The van der Waals surface area contributed by atoms with E-state index in [1.807, 2.05) is 42.5 Å². The van der Waals surface area contributed by atoms with Crippen LogP contribution in [0.15, 0.2) is 48.5 Å². The molecule has 1 aliphatic heterocycles. The van der Waals surface area contributed by atoms with Gasteiger partial charge in [-0.25, -0.2) is 5.48 Å². The lowest BCUT2D eigenvalue weighted by Crippen LogP contribution is -2.44. The van der Waals surface area contributed by atoms with E-state index < -0.39 is 5.91 Å². The van der Waals surface area contributed by atoms with E-state index in [-0.39, 0.29) is 18.6 Å². The van der Waals surface area contributed by atoms with Gasteiger partial charge >= 0.3 is 0 Å². The van der Waals surface area contributed by atoms with Gasteiger partial charge in [-0.3, -0.25) is 14.8 Å². The molecule has 25 heavy (non-hydrogen) atoms. The van der Waals surface area contributed by atoms with Gasteiger partial charge in [0.2, 0.25) is 5.91 Å². The average molecular weight is 341 g/mol. The maximum atomic E-state index is 12.4. The molecule has 0 saturated carbocycles. The number of nitrogens with one attached hydrogen (secondary N) is 3. The van der Waals surface area contributed by atoms with Gasteiger partial charge in [0.05, 0.1) is 6.04 Å². The number of amides is 2. The van der Waals surface area contributed by atoms with Crippen LogP contribution >= 0.6 is 0 Å². The molecule has 7 heteroatoms. The van der Waals surface area contributed by atoms with Crippen LogP contribution in [0, 0.1) is 0 Å². The number of benzene rings is 2. The predicted octanol–water partition coefficient (Wildman–Crippen LogP) is 1.22. The lowest BCUT2D eigenvalue weighted by molar-refractivity contribution is -0.131. The molecule has 4 N–H and O–H groups in total. The number of rotatable bonds is 5. The molecule has 2 aromatic carbocycles. The van der Waals surface area contributed by atoms with Gasteiger partial charge in [0.1, 0.15) is 5.75 Å². The van der Waals surface area contributed by atoms with Crippen LogP contribution in [0.1, 0.15) is 11.1 Å². The first-order valence-electron chi connectivity index (χ1n) is 7.92. The summed E-state index contributed by atoms with van der Waals surface area (Å²) in [5.74, 6) is -0.151. The van der Waals surface area contributed by atoms with Crippen LogP contribution in [-0.2, 0) is 22.6 Å². The van der Waals surface area contributed by atoms with Crippen molar-refractivity contribution in [3.8, 4) is 5.75 Å². The second-order valence-corrected chi connectivity index (χ2v) is 5.75. The molecule has 0 bridgehead atoms. The first-order chi connectivity index (χ1) is 12.2. The van der Waals surface area contributed by atoms with Crippen molar-refractivity contribution in [1.29, 1.82) is 0 Å². The summed E-state index contributed by atoms with van der Waals surface area (Å²) >= 11 is 0. The molecule has 0 aromatic heterocycles. The number of hydrogen-bond donors (Lipinski definition) is 4. The Kier molecular flexibility index (Phi) is 5.27. The average Bonchev–Trinajstić information content (AvgIpc) is 2.66. The van der Waals surface area contributed by atoms with E-state index in [1.54, 1.807) is 6.07 Å². The highest BCUT2D eigenvalue weighted by atomic mass is 16.5. The highest BCUT2D eigenvalue weighted by molar-refractivity contribution is 5.95. The summed E-state index contributed by atoms with van der Waals surface area (Å²) in [6, 6.07) is 14.5. The van der Waals surface area contributed by atoms with E-state index in [9.17, 15) is 9.59 Å². The van der Waals surface area contributed by atoms with Crippen molar-refractivity contribution in [3.05, 3.63) is 59.7 Å². The second kappa shape index (κ2) is 7.78. The Labute approximate surface area is 145 Å². The van der Waals surface area contributed by atoms with E-state index in [1.165, 1.54) is 5.48 Å². The van der Waals surface area contributed by atoms with E-state index in [0.717, 1.165) is 16.8 Å². The Morgan fingerprint density at radius 3 is 2.72 bits per heavy atom. The van der Waals surface area contributed by atoms with Crippen molar-refractivity contribution >= 4 is 17.5 Å². The van der Waals surface area contributed by atoms with Crippen molar-refractivity contribution in [2.75, 3.05) is 11.9 Å². The lowest BCUT2D eigenvalue weighted by atomic mass is 9.95. The van der Waals surface area contributed by atoms with Crippen molar-refractivity contribution in [1.82, 2.24) is 10.8 Å². The fourth-order valence-electron chi connectivity index (χ4n) is 2.70. The SMILES string of the molecule is O=C(COc1ccc2c(c1)CN[C@H](C(=O)Nc1ccccc1)C2)NO. The minimum absolute atomic E-state index is 0.0724. The summed E-state index contributed by atoms with van der Waals surface area (Å²) in [5, 5.41) is 14.6. The zero-order chi connectivity index (χ0) is 17.6. The molecule has 130 valence electrons. The third-order valence-electron chi connectivity index (χ3n) is 3.99. The van der Waals surface area contributed by atoms with Crippen molar-refractivity contribution in [3.63, 3.8) is 0 Å². The van der Waals surface area contributed by atoms with Crippen molar-refractivity contribution < 1.29 is 19.5 Å². The van der Waals surface area contributed by atoms with E-state index in [0.29, 0.717) is 18.7 Å². The molecule has 2 amide bonds. The van der Waals surface area contributed by atoms with Gasteiger partial charge in [-0.1, -0.05) is 24.3 Å². The second-order valence-electron chi connectivity index (χ2n) is 5.75. The standard InChI is InChI=1S/C18H19N3O4/c22-17(21-24)11-25-15-7-6-12-9-16(19-10-13(12)8-15)18(23)20-14-4-2-1-3-5-14/h1-8,16,19,24H,9-11H2,(H,20,23)(H,21,22)/t16-/m0/s1. The zero-order valence-corrected chi connectivity index (χ0v) is 13.5. The smallest absolute Gasteiger partial charge is 0.281 e. The third-order valence-corrected chi connectivity index (χ3v) is 3.99. The number of carbonyl (C=O) groups is 2. The van der Waals surface area contributed by atoms with Crippen LogP contribution in [0.5, 0.6) is 5.75 Å². The molecule has 1 aliphatic rings. The summed E-state index contributed by atoms with van der Waals surface area (Å²) in [4.78, 5) is 23.4. The fourth-order valence-corrected chi connectivity index (χ4v) is 2.70. The molecule has 0 aliphatic carbocycles. The Morgan fingerprint density at radius 2 is 1.96 bits per heavy atom. The lowest BCUT2D eigenvalue weighted by Gasteiger charge is -2.25. The number of fused-ring (bicyclic) bond motifs is 1. The normalized spacial score (nSPS) is 15.8. The summed E-state index contributed by atoms with van der Waals surface area (Å²) < 4.78 is 5.30. The van der Waals surface area contributed by atoms with Crippen LogP contribution in [0.2, 0.25) is 0 Å². The van der Waals surface area contributed by atoms with E-state index in [4.69, 9.17) is 9.94 Å². The topological polar surface area (TPSA) is 99.7 Å². The van der Waals surface area contributed by atoms with Crippen molar-refractivity contribution in [2.24, 2.45) is 0 Å². The quantitative estimate of drug-likeness (QED) is 0.484. The first-order valence-corrected chi connectivity index (χ1v) is 7.92. The summed E-state index contributed by atoms with van der Waals surface area (Å²) in [7, 11) is 0. The molecule has 3 rings (SSSR count). The molecule has 0 unspecified atom stereocenters. The zero-order valence-electron chi connectivity index (χ0n) is 13.5. The Hall–Kier alpha value is -2.90. The van der Waals surface area contributed by atoms with Gasteiger partial charge in [-0.05, 0) is 41.8 Å². The minimum Gasteiger partial charge on any atom is -0.484 e. The Morgan fingerprint density at radius 1 is 1.16 bits per heavy atom. The maximum Gasteiger partial charge on any atom is 0.281 e. The van der Waals surface area contributed by atoms with Crippen molar-refractivity contribution in [2.45, 2.75) is 19.0 Å². The molecule has 0 saturated heterocycles. The number of ether oxygens (including phenoxy) is 1. The molecular weight excluding hydrogens is 322 g/mol. The molecule has 0 fully saturated rings. The fraction of sp³-hybridized carbons (Fsp3) is 0.222. The summed E-state index contributed by atoms with van der Waals surface area (Å²) in [6.45, 7) is 0.274. The summed E-state index contributed by atoms with van der Waals surface area (Å²) in [5.41, 5.74) is 4.36. The van der Waals surface area contributed by atoms with Gasteiger partial charge in [0.25, 0.3) is 5.91 Å². The number of hydroxylamine groups is 1. The van der Waals surface area contributed by atoms with Gasteiger partial charge in [-0.2, -0.15) is 0 Å². The van der Waals surface area contributed by atoms with Gasteiger partial charge < -0.3 is 15.4 Å². The highest BCUT2D eigenvalue weighted by Gasteiger charge is 2.24. The number of hydrogen-bond acceptors (Lipinski definition) is 5. The summed E-state index contributed by atoms with van der Waals surface area (Å²) in [6.07, 6.45) is 0.575. The van der Waals surface area contributed by atoms with Crippen LogP contribution in [-0.4, -0.2) is 29.7 Å². The minimum atomic E-state index is -0.617. The Balaban J connectivity index is 1.61. The van der Waals surface area contributed by atoms with Crippen LogP contribution < -0.4 is 20.9 Å². The van der Waals surface area contributed by atoms with Crippen LogP contribution in [0.25, 0.3) is 0 Å². The Bertz CT molecular complexity index is 764. The van der Waals surface area contributed by atoms with Crippen LogP contribution in [0.4, 0.5) is 5.69 Å². The van der Waals surface area contributed by atoms with Gasteiger partial charge in [0, 0.05) is 12.2 Å². The third kappa shape index (κ3) is 4.34. The number of para-hydroxylation sites is 1. The molecule has 1 heterocycles. The molecule has 2 aromatic rings. The number of anilines is 1. The van der Waals surface area contributed by atoms with Crippen LogP contribution in [0.3, 0.4) is 0 Å². The monoisotopic (exact) mass is 341 g/mol. The van der Waals surface area contributed by atoms with Gasteiger partial charge in [-0.15, -0.1) is 0 Å². The van der Waals surface area contributed by atoms with E-state index >= 15 is 0 Å². The number of carbonyl (C=O) groups excluding carboxylic acids is 2. The van der Waals surface area contributed by atoms with E-state index in [2.05, 4.69) is 10.6 Å². The largest absolute Gasteiger partial charge is 0.484 e. The van der Waals surface area contributed by atoms with Gasteiger partial charge in [0.15, 0.2) is 6.61 Å². The predicted molar refractivity (Wildman–Crippen MR) is 91.3 cm³/mol. The molecule has 1 atom stereocenters. The molecule has 0 radical (unpaired) electrons. The molecule has 7 nitrogen and oxygen atoms in total. The maximum absolute atomic E-state index is 12.4.